The van der Waals surface area contributed by atoms with E-state index < -0.39 is 5.60 Å². The molecule has 1 aliphatic heterocycles. The van der Waals surface area contributed by atoms with Gasteiger partial charge in [0.2, 0.25) is 0 Å². The van der Waals surface area contributed by atoms with Gasteiger partial charge in [-0.3, -0.25) is 0 Å². The van der Waals surface area contributed by atoms with E-state index in [1.54, 1.807) is 12.0 Å². The number of nitrogens with one attached hydrogen (secondary N) is 1. The maximum Gasteiger partial charge on any atom is 0.410 e. The molecule has 2 rings (SSSR count). The minimum absolute atomic E-state index is 0.0532. The number of amides is 1. The minimum Gasteiger partial charge on any atom is -0.496 e. The lowest BCUT2D eigenvalue weighted by Crippen LogP contribution is -2.49. The summed E-state index contributed by atoms with van der Waals surface area (Å²) in [6.45, 7) is 9.68. The molecule has 1 aromatic carbocycles. The van der Waals surface area contributed by atoms with Crippen molar-refractivity contribution in [1.29, 1.82) is 0 Å². The minimum atomic E-state index is -0.474. The molecule has 1 atom stereocenters. The van der Waals surface area contributed by atoms with Crippen LogP contribution in [-0.4, -0.2) is 43.3 Å². The highest BCUT2D eigenvalue weighted by Crippen LogP contribution is 2.30. The molecule has 1 amide bonds. The van der Waals surface area contributed by atoms with Crippen molar-refractivity contribution in [2.45, 2.75) is 39.3 Å². The fraction of sp³-hybridized carbons (Fsp3) is 0.588. The summed E-state index contributed by atoms with van der Waals surface area (Å²) in [5, 5.41) is 3.47. The number of piperazine rings is 1. The summed E-state index contributed by atoms with van der Waals surface area (Å²) in [4.78, 5) is 14.0. The number of nitrogens with zero attached hydrogens (tertiary/aromatic N) is 1. The molecule has 1 N–H and O–H groups in total. The van der Waals surface area contributed by atoms with E-state index in [-0.39, 0.29) is 12.1 Å². The third-order valence-corrected chi connectivity index (χ3v) is 3.68. The second kappa shape index (κ2) is 6.57. The van der Waals surface area contributed by atoms with Crippen LogP contribution in [0.15, 0.2) is 18.2 Å². The molecule has 122 valence electrons. The van der Waals surface area contributed by atoms with Gasteiger partial charge in [-0.25, -0.2) is 4.79 Å². The number of hydrogen-bond donors (Lipinski definition) is 1. The second-order valence-electron chi connectivity index (χ2n) is 6.62. The van der Waals surface area contributed by atoms with Crippen LogP contribution in [0.3, 0.4) is 0 Å². The molecule has 5 nitrogen and oxygen atoms in total. The molecule has 1 saturated heterocycles. The Balaban J connectivity index is 2.16. The molecular weight excluding hydrogens is 280 g/mol. The fourth-order valence-corrected chi connectivity index (χ4v) is 2.71. The van der Waals surface area contributed by atoms with E-state index in [2.05, 4.69) is 18.3 Å². The number of benzene rings is 1. The van der Waals surface area contributed by atoms with Gasteiger partial charge in [0.15, 0.2) is 0 Å². The summed E-state index contributed by atoms with van der Waals surface area (Å²) in [6, 6.07) is 6.05. The smallest absolute Gasteiger partial charge is 0.410 e. The maximum atomic E-state index is 12.3. The van der Waals surface area contributed by atoms with Gasteiger partial charge in [0, 0.05) is 25.2 Å². The highest BCUT2D eigenvalue weighted by Gasteiger charge is 2.29. The van der Waals surface area contributed by atoms with Crippen molar-refractivity contribution >= 4 is 6.09 Å². The SMILES string of the molecule is COc1cccc(C)c1C1CN(C(=O)OC(C)(C)C)CCN1. The number of hydrogen-bond acceptors (Lipinski definition) is 4. The molecule has 0 bridgehead atoms. The zero-order valence-electron chi connectivity index (χ0n) is 14.1. The molecule has 0 spiro atoms. The predicted octanol–water partition coefficient (Wildman–Crippen LogP) is 2.89. The molecule has 5 heteroatoms. The predicted molar refractivity (Wildman–Crippen MR) is 86.3 cm³/mol. The first-order valence-electron chi connectivity index (χ1n) is 7.66. The van der Waals surface area contributed by atoms with Crippen LogP contribution in [0.4, 0.5) is 4.79 Å². The van der Waals surface area contributed by atoms with Crippen LogP contribution in [0.2, 0.25) is 0 Å². The Morgan fingerprint density at radius 1 is 1.36 bits per heavy atom. The standard InChI is InChI=1S/C17H26N2O3/c1-12-7-6-8-14(21-5)15(12)13-11-19(10-9-18-13)16(20)22-17(2,3)4/h6-8,13,18H,9-11H2,1-5H3. The summed E-state index contributed by atoms with van der Waals surface area (Å²) in [6.07, 6.45) is -0.258. The first kappa shape index (κ1) is 16.6. The zero-order chi connectivity index (χ0) is 16.3. The van der Waals surface area contributed by atoms with Gasteiger partial charge >= 0.3 is 6.09 Å². The van der Waals surface area contributed by atoms with Crippen molar-refractivity contribution in [2.24, 2.45) is 0 Å². The van der Waals surface area contributed by atoms with Gasteiger partial charge in [0.25, 0.3) is 0 Å². The summed E-state index contributed by atoms with van der Waals surface area (Å²) in [5.74, 6) is 0.850. The largest absolute Gasteiger partial charge is 0.496 e. The first-order valence-corrected chi connectivity index (χ1v) is 7.66. The quantitative estimate of drug-likeness (QED) is 0.913. The maximum absolute atomic E-state index is 12.3. The number of methoxy groups -OCH3 is 1. The van der Waals surface area contributed by atoms with E-state index in [1.165, 1.54) is 0 Å². The Kier molecular flexibility index (Phi) is 4.96. The van der Waals surface area contributed by atoms with Gasteiger partial charge in [-0.05, 0) is 39.3 Å². The Morgan fingerprint density at radius 2 is 2.09 bits per heavy atom. The van der Waals surface area contributed by atoms with Crippen molar-refractivity contribution in [2.75, 3.05) is 26.7 Å². The van der Waals surface area contributed by atoms with Gasteiger partial charge in [-0.15, -0.1) is 0 Å². The first-order chi connectivity index (χ1) is 10.3. The lowest BCUT2D eigenvalue weighted by Gasteiger charge is -2.36. The van der Waals surface area contributed by atoms with Gasteiger partial charge in [-0.2, -0.15) is 0 Å². The average Bonchev–Trinajstić information content (AvgIpc) is 2.45. The van der Waals surface area contributed by atoms with E-state index in [0.29, 0.717) is 13.1 Å². The van der Waals surface area contributed by atoms with Crippen molar-refractivity contribution < 1.29 is 14.3 Å². The zero-order valence-corrected chi connectivity index (χ0v) is 14.1. The molecule has 0 aliphatic carbocycles. The third kappa shape index (κ3) is 3.91. The van der Waals surface area contributed by atoms with E-state index in [0.717, 1.165) is 23.4 Å². The molecule has 22 heavy (non-hydrogen) atoms. The van der Waals surface area contributed by atoms with Gasteiger partial charge in [-0.1, -0.05) is 12.1 Å². The molecule has 1 heterocycles. The molecule has 0 aromatic heterocycles. The highest BCUT2D eigenvalue weighted by atomic mass is 16.6. The lowest BCUT2D eigenvalue weighted by atomic mass is 9.98. The number of carbonyl (C=O) groups is 1. The van der Waals surface area contributed by atoms with E-state index >= 15 is 0 Å². The van der Waals surface area contributed by atoms with Crippen molar-refractivity contribution in [3.63, 3.8) is 0 Å². The van der Waals surface area contributed by atoms with Crippen LogP contribution in [-0.2, 0) is 4.74 Å². The summed E-state index contributed by atoms with van der Waals surface area (Å²) in [7, 11) is 1.67. The van der Waals surface area contributed by atoms with Crippen LogP contribution >= 0.6 is 0 Å². The van der Waals surface area contributed by atoms with Crippen molar-refractivity contribution in [1.82, 2.24) is 10.2 Å². The topological polar surface area (TPSA) is 50.8 Å². The van der Waals surface area contributed by atoms with E-state index in [9.17, 15) is 4.79 Å². The molecule has 1 fully saturated rings. The van der Waals surface area contributed by atoms with E-state index in [4.69, 9.17) is 9.47 Å². The Hall–Kier alpha value is -1.75. The third-order valence-electron chi connectivity index (χ3n) is 3.68. The summed E-state index contributed by atoms with van der Waals surface area (Å²) in [5.41, 5.74) is 1.79. The molecule has 1 aromatic rings. The highest BCUT2D eigenvalue weighted by molar-refractivity contribution is 5.68. The summed E-state index contributed by atoms with van der Waals surface area (Å²) >= 11 is 0. The molecule has 0 radical (unpaired) electrons. The Bertz CT molecular complexity index is 537. The Labute approximate surface area is 132 Å². The molecular formula is C17H26N2O3. The number of carbonyl (C=O) groups excluding carboxylic acids is 1. The summed E-state index contributed by atoms with van der Waals surface area (Å²) < 4.78 is 11.0. The van der Waals surface area contributed by atoms with Crippen LogP contribution in [0.1, 0.15) is 37.9 Å². The molecule has 1 unspecified atom stereocenters. The number of rotatable bonds is 2. The second-order valence-corrected chi connectivity index (χ2v) is 6.62. The lowest BCUT2D eigenvalue weighted by molar-refractivity contribution is 0.0194. The average molecular weight is 306 g/mol. The number of ether oxygens (including phenoxy) is 2. The van der Waals surface area contributed by atoms with Crippen molar-refractivity contribution in [3.05, 3.63) is 29.3 Å². The monoisotopic (exact) mass is 306 g/mol. The number of aryl methyl sites for hydroxylation is 1. The van der Waals surface area contributed by atoms with Gasteiger partial charge in [0.05, 0.1) is 13.2 Å². The van der Waals surface area contributed by atoms with Gasteiger partial charge < -0.3 is 19.7 Å². The van der Waals surface area contributed by atoms with Crippen LogP contribution in [0.5, 0.6) is 5.75 Å². The van der Waals surface area contributed by atoms with E-state index in [1.807, 2.05) is 32.9 Å². The fourth-order valence-electron chi connectivity index (χ4n) is 2.71. The van der Waals surface area contributed by atoms with Crippen LogP contribution in [0, 0.1) is 6.92 Å². The Morgan fingerprint density at radius 3 is 2.73 bits per heavy atom. The normalized spacial score (nSPS) is 19.0. The molecule has 1 aliphatic rings. The van der Waals surface area contributed by atoms with Gasteiger partial charge in [0.1, 0.15) is 11.4 Å². The van der Waals surface area contributed by atoms with Crippen molar-refractivity contribution in [3.8, 4) is 5.75 Å². The van der Waals surface area contributed by atoms with Crippen LogP contribution < -0.4 is 10.1 Å². The molecule has 0 saturated carbocycles. The van der Waals surface area contributed by atoms with Crippen LogP contribution in [0.25, 0.3) is 0 Å².